The minimum atomic E-state index is -2.52. The van der Waals surface area contributed by atoms with Crippen molar-refractivity contribution in [3.8, 4) is 22.9 Å². The number of hydrogen-bond acceptors (Lipinski definition) is 6. The molecule has 1 aliphatic carbocycles. The molecule has 1 aliphatic heterocycles. The standard InChI is InChI=1S/C23H23F2N3O3/c1-30-22-26-8-15(9-27-22)21-17-5-3-2-4-14(17)6-7-20(21)31-13-16(29)10-28-11-18-19(12-28)23(18,24)25/h2-9,16,18-19,29H,10-13H2,1H3. The van der Waals surface area contributed by atoms with Gasteiger partial charge in [-0.1, -0.05) is 30.3 Å². The number of aliphatic hydroxyl groups is 1. The van der Waals surface area contributed by atoms with Crippen LogP contribution in [0.1, 0.15) is 0 Å². The number of hydrogen-bond donors (Lipinski definition) is 1. The number of fused-ring (bicyclic) bond motifs is 2. The molecular formula is C23H23F2N3O3. The van der Waals surface area contributed by atoms with Crippen molar-refractivity contribution in [1.29, 1.82) is 0 Å². The maximum Gasteiger partial charge on any atom is 0.316 e. The van der Waals surface area contributed by atoms with Gasteiger partial charge >= 0.3 is 6.01 Å². The Hall–Kier alpha value is -2.84. The van der Waals surface area contributed by atoms with Crippen molar-refractivity contribution in [2.45, 2.75) is 12.0 Å². The smallest absolute Gasteiger partial charge is 0.316 e. The number of β-amino-alcohol motifs (C(OH)–C–C–N with tert-alkyl or cyclic N) is 1. The summed E-state index contributed by atoms with van der Waals surface area (Å²) in [5, 5.41) is 12.5. The van der Waals surface area contributed by atoms with E-state index in [1.807, 2.05) is 41.3 Å². The number of piperidine rings is 1. The zero-order chi connectivity index (χ0) is 21.6. The van der Waals surface area contributed by atoms with Gasteiger partial charge in [0.15, 0.2) is 0 Å². The third kappa shape index (κ3) is 3.70. The molecule has 2 aromatic carbocycles. The van der Waals surface area contributed by atoms with Gasteiger partial charge < -0.3 is 14.6 Å². The first-order chi connectivity index (χ1) is 15.0. The fourth-order valence-electron chi connectivity index (χ4n) is 4.50. The number of methoxy groups -OCH3 is 1. The Morgan fingerprint density at radius 2 is 1.84 bits per heavy atom. The van der Waals surface area contributed by atoms with Crippen LogP contribution < -0.4 is 9.47 Å². The van der Waals surface area contributed by atoms with E-state index in [-0.39, 0.29) is 12.6 Å². The van der Waals surface area contributed by atoms with Crippen molar-refractivity contribution in [3.05, 3.63) is 48.8 Å². The molecule has 2 fully saturated rings. The number of halogens is 2. The molecule has 0 amide bonds. The van der Waals surface area contributed by atoms with E-state index in [1.165, 1.54) is 7.11 Å². The van der Waals surface area contributed by atoms with Crippen LogP contribution >= 0.6 is 0 Å². The second kappa shape index (κ2) is 7.69. The van der Waals surface area contributed by atoms with Crippen molar-refractivity contribution < 1.29 is 23.4 Å². The molecule has 1 aromatic heterocycles. The van der Waals surface area contributed by atoms with Gasteiger partial charge in [-0.15, -0.1) is 0 Å². The van der Waals surface area contributed by atoms with Gasteiger partial charge in [-0.25, -0.2) is 18.7 Å². The molecular weight excluding hydrogens is 404 g/mol. The van der Waals surface area contributed by atoms with Crippen molar-refractivity contribution in [2.24, 2.45) is 11.8 Å². The summed E-state index contributed by atoms with van der Waals surface area (Å²) in [5.74, 6) is -3.02. The summed E-state index contributed by atoms with van der Waals surface area (Å²) in [6.07, 6.45) is 2.57. The number of nitrogens with zero attached hydrogens (tertiary/aromatic N) is 3. The summed E-state index contributed by atoms with van der Waals surface area (Å²) in [5.41, 5.74) is 1.60. The Morgan fingerprint density at radius 1 is 1.13 bits per heavy atom. The molecule has 2 heterocycles. The summed E-state index contributed by atoms with van der Waals surface area (Å²) in [6.45, 7) is 1.04. The molecule has 3 atom stereocenters. The second-order valence-electron chi connectivity index (χ2n) is 8.19. The normalized spacial score (nSPS) is 22.8. The van der Waals surface area contributed by atoms with Crippen molar-refractivity contribution >= 4 is 10.8 Å². The van der Waals surface area contributed by atoms with Crippen LogP contribution in [-0.4, -0.2) is 65.4 Å². The number of rotatable bonds is 7. The molecule has 3 aromatic rings. The van der Waals surface area contributed by atoms with Crippen LogP contribution in [0.2, 0.25) is 0 Å². The predicted octanol–water partition coefficient (Wildman–Crippen LogP) is 3.24. The minimum absolute atomic E-state index is 0.0601. The molecule has 0 spiro atoms. The number of benzene rings is 2. The van der Waals surface area contributed by atoms with Crippen LogP contribution in [0, 0.1) is 11.8 Å². The van der Waals surface area contributed by atoms with Crippen LogP contribution in [0.5, 0.6) is 11.8 Å². The fraction of sp³-hybridized carbons (Fsp3) is 0.391. The molecule has 0 radical (unpaired) electrons. The highest BCUT2D eigenvalue weighted by atomic mass is 19.3. The zero-order valence-electron chi connectivity index (χ0n) is 17.0. The Kier molecular flexibility index (Phi) is 4.98. The molecule has 1 saturated carbocycles. The lowest BCUT2D eigenvalue weighted by Gasteiger charge is -2.23. The molecule has 31 heavy (non-hydrogen) atoms. The van der Waals surface area contributed by atoms with E-state index < -0.39 is 23.9 Å². The van der Waals surface area contributed by atoms with E-state index in [4.69, 9.17) is 9.47 Å². The van der Waals surface area contributed by atoms with Crippen molar-refractivity contribution in [2.75, 3.05) is 33.4 Å². The van der Waals surface area contributed by atoms with Crippen LogP contribution in [0.3, 0.4) is 0 Å². The SMILES string of the molecule is COc1ncc(-c2c(OCC(O)CN3CC4C(C3)C4(F)F)ccc3ccccc23)cn1. The second-order valence-corrected chi connectivity index (χ2v) is 8.19. The van der Waals surface area contributed by atoms with E-state index in [0.717, 1.165) is 21.9 Å². The predicted molar refractivity (Wildman–Crippen MR) is 111 cm³/mol. The van der Waals surface area contributed by atoms with E-state index >= 15 is 0 Å². The first-order valence-electron chi connectivity index (χ1n) is 10.3. The fourth-order valence-corrected chi connectivity index (χ4v) is 4.50. The average molecular weight is 427 g/mol. The monoisotopic (exact) mass is 427 g/mol. The number of alkyl halides is 2. The minimum Gasteiger partial charge on any atom is -0.490 e. The topological polar surface area (TPSA) is 67.7 Å². The lowest BCUT2D eigenvalue weighted by atomic mass is 9.99. The summed E-state index contributed by atoms with van der Waals surface area (Å²) in [4.78, 5) is 10.3. The zero-order valence-corrected chi connectivity index (χ0v) is 17.0. The van der Waals surface area contributed by atoms with Gasteiger partial charge in [-0.3, -0.25) is 4.90 Å². The van der Waals surface area contributed by atoms with E-state index in [9.17, 15) is 13.9 Å². The van der Waals surface area contributed by atoms with Crippen LogP contribution in [0.25, 0.3) is 21.9 Å². The van der Waals surface area contributed by atoms with Crippen LogP contribution in [0.4, 0.5) is 8.78 Å². The Bertz CT molecular complexity index is 1080. The van der Waals surface area contributed by atoms with Crippen molar-refractivity contribution in [3.63, 3.8) is 0 Å². The quantitative estimate of drug-likeness (QED) is 0.625. The summed E-state index contributed by atoms with van der Waals surface area (Å²) >= 11 is 0. The van der Waals surface area contributed by atoms with Gasteiger partial charge in [-0.05, 0) is 16.8 Å². The van der Waals surface area contributed by atoms with Gasteiger partial charge in [-0.2, -0.15) is 0 Å². The van der Waals surface area contributed by atoms with Gasteiger partial charge in [0.2, 0.25) is 0 Å². The lowest BCUT2D eigenvalue weighted by Crippen LogP contribution is -2.37. The van der Waals surface area contributed by atoms with E-state index in [2.05, 4.69) is 9.97 Å². The molecule has 1 N–H and O–H groups in total. The molecule has 3 unspecified atom stereocenters. The molecule has 1 saturated heterocycles. The summed E-state index contributed by atoms with van der Waals surface area (Å²) < 4.78 is 37.8. The number of aliphatic hydroxyl groups excluding tert-OH is 1. The van der Waals surface area contributed by atoms with Gasteiger partial charge in [0.05, 0.1) is 7.11 Å². The van der Waals surface area contributed by atoms with Gasteiger partial charge in [0.1, 0.15) is 18.5 Å². The summed E-state index contributed by atoms with van der Waals surface area (Å²) in [6, 6.07) is 12.0. The Balaban J connectivity index is 1.33. The molecule has 8 heteroatoms. The Morgan fingerprint density at radius 3 is 2.55 bits per heavy atom. The highest BCUT2D eigenvalue weighted by molar-refractivity contribution is 5.99. The van der Waals surface area contributed by atoms with Crippen molar-refractivity contribution in [1.82, 2.24) is 14.9 Å². The molecule has 5 rings (SSSR count). The Labute approximate surface area is 178 Å². The largest absolute Gasteiger partial charge is 0.490 e. The molecule has 162 valence electrons. The molecule has 0 bridgehead atoms. The average Bonchev–Trinajstić information content (AvgIpc) is 3.10. The number of aromatic nitrogens is 2. The number of likely N-dealkylation sites (tertiary alicyclic amines) is 1. The van der Waals surface area contributed by atoms with E-state index in [0.29, 0.717) is 25.4 Å². The van der Waals surface area contributed by atoms with Gasteiger partial charge in [0, 0.05) is 55.0 Å². The lowest BCUT2D eigenvalue weighted by molar-refractivity contribution is 0.0303. The third-order valence-electron chi connectivity index (χ3n) is 6.17. The van der Waals surface area contributed by atoms with Crippen LogP contribution in [-0.2, 0) is 0 Å². The van der Waals surface area contributed by atoms with Gasteiger partial charge in [0.25, 0.3) is 5.92 Å². The number of ether oxygens (including phenoxy) is 2. The molecule has 6 nitrogen and oxygen atoms in total. The van der Waals surface area contributed by atoms with Crippen LogP contribution in [0.15, 0.2) is 48.8 Å². The summed E-state index contributed by atoms with van der Waals surface area (Å²) in [7, 11) is 1.51. The maximum absolute atomic E-state index is 13.4. The first-order valence-corrected chi connectivity index (χ1v) is 10.3. The van der Waals surface area contributed by atoms with E-state index in [1.54, 1.807) is 12.4 Å². The molecule has 2 aliphatic rings. The maximum atomic E-state index is 13.4. The highest BCUT2D eigenvalue weighted by Crippen LogP contribution is 2.59. The third-order valence-corrected chi connectivity index (χ3v) is 6.17. The first kappa shape index (κ1) is 20.1. The highest BCUT2D eigenvalue weighted by Gasteiger charge is 2.71.